The summed E-state index contributed by atoms with van der Waals surface area (Å²) < 4.78 is 1.85. The maximum atomic E-state index is 9.69. The molecule has 0 aliphatic carbocycles. The topological polar surface area (TPSA) is 65.7 Å². The standard InChI is InChI=1S/C18H25N5O/c1-2-19-18(22-13-9-17(24)14-22)20-11-8-15-4-6-16(7-5-15)23-12-3-10-21-23/h3-7,10,12,17,24H,2,8-9,11,13-14H2,1H3,(H,19,20)/t17-/m1/s1. The van der Waals surface area contributed by atoms with Crippen molar-refractivity contribution >= 4 is 5.96 Å². The number of aromatic nitrogens is 2. The van der Waals surface area contributed by atoms with Crippen LogP contribution in [0.3, 0.4) is 0 Å². The number of benzene rings is 1. The number of rotatable bonds is 5. The zero-order valence-electron chi connectivity index (χ0n) is 14.1. The summed E-state index contributed by atoms with van der Waals surface area (Å²) in [6.45, 7) is 5.17. The van der Waals surface area contributed by atoms with E-state index in [0.29, 0.717) is 6.54 Å². The van der Waals surface area contributed by atoms with Crippen molar-refractivity contribution in [2.24, 2.45) is 4.99 Å². The Morgan fingerprint density at radius 1 is 1.38 bits per heavy atom. The number of hydrogen-bond donors (Lipinski definition) is 2. The molecule has 2 N–H and O–H groups in total. The molecule has 1 fully saturated rings. The molecule has 1 aromatic carbocycles. The number of likely N-dealkylation sites (tertiary alicyclic amines) is 1. The highest BCUT2D eigenvalue weighted by molar-refractivity contribution is 5.80. The van der Waals surface area contributed by atoms with Crippen molar-refractivity contribution in [3.63, 3.8) is 0 Å². The molecule has 0 amide bonds. The van der Waals surface area contributed by atoms with E-state index in [1.807, 2.05) is 16.9 Å². The summed E-state index contributed by atoms with van der Waals surface area (Å²) >= 11 is 0. The van der Waals surface area contributed by atoms with Crippen molar-refractivity contribution in [3.8, 4) is 5.69 Å². The zero-order valence-corrected chi connectivity index (χ0v) is 14.1. The Morgan fingerprint density at radius 3 is 2.83 bits per heavy atom. The highest BCUT2D eigenvalue weighted by Gasteiger charge is 2.22. The van der Waals surface area contributed by atoms with Crippen LogP contribution in [0.1, 0.15) is 18.9 Å². The van der Waals surface area contributed by atoms with Crippen LogP contribution in [0.4, 0.5) is 0 Å². The molecule has 6 nitrogen and oxygen atoms in total. The van der Waals surface area contributed by atoms with Crippen LogP contribution in [0.2, 0.25) is 0 Å². The summed E-state index contributed by atoms with van der Waals surface area (Å²) in [5, 5.41) is 17.2. The molecule has 0 bridgehead atoms. The third kappa shape index (κ3) is 4.14. The summed E-state index contributed by atoms with van der Waals surface area (Å²) in [4.78, 5) is 6.83. The Hall–Kier alpha value is -2.34. The maximum Gasteiger partial charge on any atom is 0.194 e. The highest BCUT2D eigenvalue weighted by Crippen LogP contribution is 2.11. The zero-order chi connectivity index (χ0) is 16.8. The lowest BCUT2D eigenvalue weighted by Crippen LogP contribution is -2.40. The largest absolute Gasteiger partial charge is 0.391 e. The minimum Gasteiger partial charge on any atom is -0.391 e. The molecule has 1 aliphatic rings. The fourth-order valence-corrected chi connectivity index (χ4v) is 2.89. The smallest absolute Gasteiger partial charge is 0.194 e. The molecule has 0 spiro atoms. The predicted molar refractivity (Wildman–Crippen MR) is 95.4 cm³/mol. The first-order valence-electron chi connectivity index (χ1n) is 8.56. The fourth-order valence-electron chi connectivity index (χ4n) is 2.89. The Morgan fingerprint density at radius 2 is 2.21 bits per heavy atom. The third-order valence-corrected chi connectivity index (χ3v) is 4.17. The third-order valence-electron chi connectivity index (χ3n) is 4.17. The van der Waals surface area contributed by atoms with Gasteiger partial charge in [0.15, 0.2) is 5.96 Å². The van der Waals surface area contributed by atoms with Crippen molar-refractivity contribution in [2.45, 2.75) is 25.9 Å². The van der Waals surface area contributed by atoms with Gasteiger partial charge < -0.3 is 15.3 Å². The molecular formula is C18H25N5O. The molecular weight excluding hydrogens is 302 g/mol. The lowest BCUT2D eigenvalue weighted by Gasteiger charge is -2.20. The molecule has 1 saturated heterocycles. The van der Waals surface area contributed by atoms with Gasteiger partial charge in [-0.25, -0.2) is 4.68 Å². The number of guanidine groups is 1. The molecule has 0 unspecified atom stereocenters. The van der Waals surface area contributed by atoms with Crippen molar-refractivity contribution in [3.05, 3.63) is 48.3 Å². The number of nitrogens with one attached hydrogen (secondary N) is 1. The summed E-state index contributed by atoms with van der Waals surface area (Å²) in [6.07, 6.45) is 5.19. The minimum absolute atomic E-state index is 0.233. The summed E-state index contributed by atoms with van der Waals surface area (Å²) in [7, 11) is 0. The van der Waals surface area contributed by atoms with Gasteiger partial charge in [0.1, 0.15) is 0 Å². The van der Waals surface area contributed by atoms with Gasteiger partial charge in [0.25, 0.3) is 0 Å². The van der Waals surface area contributed by atoms with Crippen LogP contribution in [0.25, 0.3) is 5.69 Å². The van der Waals surface area contributed by atoms with Crippen LogP contribution in [-0.2, 0) is 6.42 Å². The number of hydrogen-bond acceptors (Lipinski definition) is 3. The van der Waals surface area contributed by atoms with Crippen LogP contribution in [0.5, 0.6) is 0 Å². The van der Waals surface area contributed by atoms with Gasteiger partial charge in [0.2, 0.25) is 0 Å². The molecule has 1 aromatic heterocycles. The second-order valence-corrected chi connectivity index (χ2v) is 5.99. The predicted octanol–water partition coefficient (Wildman–Crippen LogP) is 1.45. The molecule has 0 radical (unpaired) electrons. The molecule has 2 heterocycles. The summed E-state index contributed by atoms with van der Waals surface area (Å²) in [5.41, 5.74) is 2.32. The van der Waals surface area contributed by atoms with Gasteiger partial charge in [0.05, 0.1) is 11.8 Å². The molecule has 6 heteroatoms. The van der Waals surface area contributed by atoms with Gasteiger partial charge in [-0.15, -0.1) is 0 Å². The molecule has 3 rings (SSSR count). The first-order valence-corrected chi connectivity index (χ1v) is 8.56. The van der Waals surface area contributed by atoms with Crippen LogP contribution in [0.15, 0.2) is 47.7 Å². The van der Waals surface area contributed by atoms with E-state index in [-0.39, 0.29) is 6.10 Å². The SMILES string of the molecule is CCNC(=NCCc1ccc(-n2cccn2)cc1)N1CC[C@@H](O)C1. The van der Waals surface area contributed by atoms with E-state index >= 15 is 0 Å². The molecule has 1 atom stereocenters. The van der Waals surface area contributed by atoms with Gasteiger partial charge in [-0.1, -0.05) is 12.1 Å². The van der Waals surface area contributed by atoms with Crippen molar-refractivity contribution < 1.29 is 5.11 Å². The minimum atomic E-state index is -0.233. The molecule has 128 valence electrons. The van der Waals surface area contributed by atoms with Gasteiger partial charge in [-0.2, -0.15) is 5.10 Å². The Labute approximate surface area is 142 Å². The van der Waals surface area contributed by atoms with Gasteiger partial charge in [0, 0.05) is 38.6 Å². The van der Waals surface area contributed by atoms with E-state index < -0.39 is 0 Å². The average Bonchev–Trinajstić information content (AvgIpc) is 3.26. The summed E-state index contributed by atoms with van der Waals surface area (Å²) in [5.74, 6) is 0.905. The molecule has 1 aliphatic heterocycles. The first kappa shape index (κ1) is 16.5. The monoisotopic (exact) mass is 327 g/mol. The van der Waals surface area contributed by atoms with E-state index in [1.165, 1.54) is 5.56 Å². The second-order valence-electron chi connectivity index (χ2n) is 5.99. The van der Waals surface area contributed by atoms with E-state index in [2.05, 4.69) is 46.5 Å². The molecule has 24 heavy (non-hydrogen) atoms. The number of aliphatic hydroxyl groups excluding tert-OH is 1. The number of aliphatic hydroxyl groups is 1. The molecule has 0 saturated carbocycles. The summed E-state index contributed by atoms with van der Waals surface area (Å²) in [6, 6.07) is 10.3. The van der Waals surface area contributed by atoms with Crippen LogP contribution in [0, 0.1) is 0 Å². The average molecular weight is 327 g/mol. The van der Waals surface area contributed by atoms with Gasteiger partial charge >= 0.3 is 0 Å². The molecule has 2 aromatic rings. The Balaban J connectivity index is 1.57. The first-order chi connectivity index (χ1) is 11.8. The normalized spacial score (nSPS) is 18.2. The van der Waals surface area contributed by atoms with Crippen LogP contribution >= 0.6 is 0 Å². The quantitative estimate of drug-likeness (QED) is 0.644. The van der Waals surface area contributed by atoms with Crippen molar-refractivity contribution in [2.75, 3.05) is 26.2 Å². The lowest BCUT2D eigenvalue weighted by molar-refractivity contribution is 0.188. The van der Waals surface area contributed by atoms with E-state index in [0.717, 1.165) is 44.1 Å². The van der Waals surface area contributed by atoms with Crippen molar-refractivity contribution in [1.29, 1.82) is 0 Å². The van der Waals surface area contributed by atoms with Crippen LogP contribution in [-0.4, -0.2) is 58.0 Å². The lowest BCUT2D eigenvalue weighted by atomic mass is 10.1. The van der Waals surface area contributed by atoms with Gasteiger partial charge in [-0.3, -0.25) is 4.99 Å². The van der Waals surface area contributed by atoms with Gasteiger partial charge in [-0.05, 0) is 43.5 Å². The second kappa shape index (κ2) is 7.97. The maximum absolute atomic E-state index is 9.69. The number of aliphatic imine (C=N–C) groups is 1. The number of β-amino-alcohol motifs (C(OH)–C–C–N with tert-alkyl or cyclic N) is 1. The Kier molecular flexibility index (Phi) is 5.48. The van der Waals surface area contributed by atoms with E-state index in [9.17, 15) is 5.11 Å². The van der Waals surface area contributed by atoms with Crippen molar-refractivity contribution in [1.82, 2.24) is 20.0 Å². The number of nitrogens with zero attached hydrogens (tertiary/aromatic N) is 4. The Bertz CT molecular complexity index is 651. The fraction of sp³-hybridized carbons (Fsp3) is 0.444. The highest BCUT2D eigenvalue weighted by atomic mass is 16.3. The van der Waals surface area contributed by atoms with E-state index in [4.69, 9.17) is 4.99 Å². The van der Waals surface area contributed by atoms with E-state index in [1.54, 1.807) is 6.20 Å². The van der Waals surface area contributed by atoms with Crippen LogP contribution < -0.4 is 5.32 Å².